The van der Waals surface area contributed by atoms with Gasteiger partial charge in [-0.15, -0.1) is 0 Å². The van der Waals surface area contributed by atoms with Crippen LogP contribution in [0.4, 0.5) is 17.5 Å². The van der Waals surface area contributed by atoms with Gasteiger partial charge in [0.15, 0.2) is 23.0 Å². The number of carboxylic acid groups (broad SMARTS) is 1. The lowest BCUT2D eigenvalue weighted by atomic mass is 10.1. The lowest BCUT2D eigenvalue weighted by molar-refractivity contribution is -0.141. The van der Waals surface area contributed by atoms with Gasteiger partial charge in [-0.3, -0.25) is 4.79 Å². The first kappa shape index (κ1) is 20.7. The summed E-state index contributed by atoms with van der Waals surface area (Å²) in [6, 6.07) is 4.96. The smallest absolute Gasteiger partial charge is 0.328 e. The number of carboxylic acids is 1. The molecule has 0 fully saturated rings. The van der Waals surface area contributed by atoms with Crippen molar-refractivity contribution in [3.05, 3.63) is 41.7 Å². The van der Waals surface area contributed by atoms with E-state index < -0.39 is 24.0 Å². The molecule has 30 heavy (non-hydrogen) atoms. The summed E-state index contributed by atoms with van der Waals surface area (Å²) < 4.78 is 0. The Morgan fingerprint density at radius 2 is 1.83 bits per heavy atom. The summed E-state index contributed by atoms with van der Waals surface area (Å²) in [6.07, 6.45) is 0.303. The van der Waals surface area contributed by atoms with Crippen molar-refractivity contribution in [2.75, 3.05) is 16.8 Å². The minimum absolute atomic E-state index is 0.0208. The molecule has 0 aliphatic carbocycles. The Morgan fingerprint density at radius 3 is 2.47 bits per heavy atom. The molecule has 3 rings (SSSR count). The van der Waals surface area contributed by atoms with E-state index in [1.165, 1.54) is 25.3 Å². The van der Waals surface area contributed by atoms with Crippen LogP contribution in [0, 0.1) is 0 Å². The van der Waals surface area contributed by atoms with Gasteiger partial charge < -0.3 is 32.3 Å². The number of nitrogens with two attached hydrogens (primary N) is 2. The minimum atomic E-state index is -1.39. The van der Waals surface area contributed by atoms with Gasteiger partial charge in [0.1, 0.15) is 0 Å². The molecule has 2 atom stereocenters. The largest absolute Gasteiger partial charge is 0.480 e. The van der Waals surface area contributed by atoms with Crippen LogP contribution < -0.4 is 22.1 Å². The van der Waals surface area contributed by atoms with E-state index >= 15 is 0 Å². The highest BCUT2D eigenvalue weighted by Gasteiger charge is 2.25. The SMILES string of the molecule is C[C@@H](O)[C@H](NC(=O)c1ccc(NCc2cnc3nc(N)nc(N)c3n2)cc1)C(=O)O. The summed E-state index contributed by atoms with van der Waals surface area (Å²) in [4.78, 5) is 39.6. The molecule has 1 amide bonds. The number of nitrogens with one attached hydrogen (secondary N) is 2. The van der Waals surface area contributed by atoms with Crippen molar-refractivity contribution in [3.63, 3.8) is 0 Å². The van der Waals surface area contributed by atoms with Gasteiger partial charge in [0.25, 0.3) is 5.91 Å². The Morgan fingerprint density at radius 1 is 1.13 bits per heavy atom. The molecular formula is C18H20N8O4. The maximum absolute atomic E-state index is 12.2. The van der Waals surface area contributed by atoms with Gasteiger partial charge in [-0.1, -0.05) is 0 Å². The van der Waals surface area contributed by atoms with Gasteiger partial charge in [-0.25, -0.2) is 14.8 Å². The van der Waals surface area contributed by atoms with Gasteiger partial charge in [0.05, 0.1) is 24.5 Å². The van der Waals surface area contributed by atoms with E-state index in [0.29, 0.717) is 29.1 Å². The number of anilines is 3. The lowest BCUT2D eigenvalue weighted by Crippen LogP contribution is -2.47. The highest BCUT2D eigenvalue weighted by molar-refractivity contribution is 5.97. The first-order chi connectivity index (χ1) is 14.2. The summed E-state index contributed by atoms with van der Waals surface area (Å²) in [5.74, 6) is -1.77. The summed E-state index contributed by atoms with van der Waals surface area (Å²) >= 11 is 0. The van der Waals surface area contributed by atoms with Crippen LogP contribution in [0.15, 0.2) is 30.5 Å². The van der Waals surface area contributed by atoms with Crippen molar-refractivity contribution >= 4 is 40.5 Å². The maximum Gasteiger partial charge on any atom is 0.328 e. The van der Waals surface area contributed by atoms with Crippen molar-refractivity contribution in [2.45, 2.75) is 25.6 Å². The zero-order chi connectivity index (χ0) is 21.8. The van der Waals surface area contributed by atoms with Gasteiger partial charge >= 0.3 is 5.97 Å². The average Bonchev–Trinajstić information content (AvgIpc) is 2.70. The van der Waals surface area contributed by atoms with Crippen LogP contribution in [0.1, 0.15) is 23.0 Å². The number of carbonyl (C=O) groups excluding carboxylic acids is 1. The highest BCUT2D eigenvalue weighted by Crippen LogP contribution is 2.16. The molecule has 0 aliphatic rings. The Hall–Kier alpha value is -4.06. The average molecular weight is 412 g/mol. The van der Waals surface area contributed by atoms with Crippen LogP contribution in [0.2, 0.25) is 0 Å². The topological polar surface area (TPSA) is 202 Å². The fourth-order valence-corrected chi connectivity index (χ4v) is 2.61. The van der Waals surface area contributed by atoms with Gasteiger partial charge in [0, 0.05) is 11.3 Å². The number of hydrogen-bond donors (Lipinski definition) is 6. The third kappa shape index (κ3) is 4.67. The number of aliphatic hydroxyl groups is 1. The van der Waals surface area contributed by atoms with Crippen LogP contribution in [-0.4, -0.2) is 54.2 Å². The van der Waals surface area contributed by atoms with Crippen molar-refractivity contribution in [3.8, 4) is 0 Å². The van der Waals surface area contributed by atoms with Crippen molar-refractivity contribution in [1.82, 2.24) is 25.3 Å². The predicted octanol–water partition coefficient (Wildman–Crippen LogP) is -0.240. The number of benzene rings is 1. The molecule has 0 unspecified atom stereocenters. The second-order valence-electron chi connectivity index (χ2n) is 6.46. The minimum Gasteiger partial charge on any atom is -0.480 e. The summed E-state index contributed by atoms with van der Waals surface area (Å²) in [5, 5.41) is 23.9. The fraction of sp³-hybridized carbons (Fsp3) is 0.222. The zero-order valence-corrected chi connectivity index (χ0v) is 15.9. The van der Waals surface area contributed by atoms with E-state index in [2.05, 4.69) is 30.6 Å². The molecule has 0 saturated heterocycles. The van der Waals surface area contributed by atoms with Crippen molar-refractivity contribution < 1.29 is 19.8 Å². The van der Waals surface area contributed by atoms with E-state index in [9.17, 15) is 14.7 Å². The monoisotopic (exact) mass is 412 g/mol. The van der Waals surface area contributed by atoms with E-state index in [1.807, 2.05) is 0 Å². The number of fused-ring (bicyclic) bond motifs is 1. The van der Waals surface area contributed by atoms with Crippen LogP contribution in [0.5, 0.6) is 0 Å². The first-order valence-corrected chi connectivity index (χ1v) is 8.85. The number of amides is 1. The number of rotatable bonds is 7. The van der Waals surface area contributed by atoms with Gasteiger partial charge in [-0.2, -0.15) is 9.97 Å². The molecule has 156 valence electrons. The number of aliphatic hydroxyl groups excluding tert-OH is 1. The Kier molecular flexibility index (Phi) is 5.88. The standard InChI is InChI=1S/C18H20N8O4/c1-8(27)12(17(29)30)24-16(28)9-2-4-10(5-3-9)21-6-11-7-22-15-13(23-11)14(19)25-18(20)26-15/h2-5,7-8,12,21,27H,6H2,1H3,(H,24,28)(H,29,30)(H4,19,20,22,25,26)/t8-,12+/m1/s1. The molecule has 2 aromatic heterocycles. The highest BCUT2D eigenvalue weighted by atomic mass is 16.4. The molecule has 8 N–H and O–H groups in total. The molecule has 2 heterocycles. The van der Waals surface area contributed by atoms with Gasteiger partial charge in [-0.05, 0) is 31.2 Å². The molecule has 1 aromatic carbocycles. The van der Waals surface area contributed by atoms with E-state index in [0.717, 1.165) is 0 Å². The van der Waals surface area contributed by atoms with Crippen LogP contribution in [0.25, 0.3) is 11.2 Å². The Bertz CT molecular complexity index is 1090. The van der Waals surface area contributed by atoms with Crippen molar-refractivity contribution in [1.29, 1.82) is 0 Å². The lowest BCUT2D eigenvalue weighted by Gasteiger charge is -2.17. The number of carbonyl (C=O) groups is 2. The van der Waals surface area contributed by atoms with Crippen LogP contribution >= 0.6 is 0 Å². The van der Waals surface area contributed by atoms with Gasteiger partial charge in [0.2, 0.25) is 5.95 Å². The Balaban J connectivity index is 1.65. The van der Waals surface area contributed by atoms with Crippen LogP contribution in [0.3, 0.4) is 0 Å². The molecule has 12 nitrogen and oxygen atoms in total. The summed E-state index contributed by atoms with van der Waals surface area (Å²) in [7, 11) is 0. The molecule has 0 radical (unpaired) electrons. The molecule has 0 spiro atoms. The first-order valence-electron chi connectivity index (χ1n) is 8.85. The number of nitrogen functional groups attached to an aromatic ring is 2. The predicted molar refractivity (Wildman–Crippen MR) is 108 cm³/mol. The fourth-order valence-electron chi connectivity index (χ4n) is 2.61. The third-order valence-corrected chi connectivity index (χ3v) is 4.16. The molecular weight excluding hydrogens is 392 g/mol. The summed E-state index contributed by atoms with van der Waals surface area (Å²) in [6.45, 7) is 1.61. The molecule has 12 heteroatoms. The van der Waals surface area contributed by atoms with E-state index in [1.54, 1.807) is 12.1 Å². The molecule has 3 aromatic rings. The quantitative estimate of drug-likeness (QED) is 0.299. The van der Waals surface area contributed by atoms with Crippen molar-refractivity contribution in [2.24, 2.45) is 0 Å². The maximum atomic E-state index is 12.2. The second-order valence-corrected chi connectivity index (χ2v) is 6.46. The summed E-state index contributed by atoms with van der Waals surface area (Å²) in [5.41, 5.74) is 13.5. The second kappa shape index (κ2) is 8.53. The van der Waals surface area contributed by atoms with E-state index in [4.69, 9.17) is 16.6 Å². The number of nitrogens with zero attached hydrogens (tertiary/aromatic N) is 4. The number of hydrogen-bond acceptors (Lipinski definition) is 10. The van der Waals surface area contributed by atoms with E-state index in [-0.39, 0.29) is 17.3 Å². The molecule has 0 saturated carbocycles. The third-order valence-electron chi connectivity index (χ3n) is 4.16. The normalized spacial score (nSPS) is 12.9. The number of aliphatic carboxylic acids is 1. The molecule has 0 aliphatic heterocycles. The molecule has 0 bridgehead atoms. The van der Waals surface area contributed by atoms with Crippen LogP contribution in [-0.2, 0) is 11.3 Å². The Labute approximate surface area is 170 Å². The number of aromatic nitrogens is 4. The zero-order valence-electron chi connectivity index (χ0n) is 15.9.